The highest BCUT2D eigenvalue weighted by Crippen LogP contribution is 2.19. The molecule has 4 nitrogen and oxygen atoms in total. The van der Waals surface area contributed by atoms with Gasteiger partial charge in [0.05, 0.1) is 5.75 Å². The molecule has 0 fully saturated rings. The van der Waals surface area contributed by atoms with Crippen LogP contribution in [-0.2, 0) is 9.84 Å². The van der Waals surface area contributed by atoms with Gasteiger partial charge in [-0.25, -0.2) is 8.42 Å². The molecule has 0 bridgehead atoms. The van der Waals surface area contributed by atoms with E-state index in [0.717, 1.165) is 24.1 Å². The molecule has 1 atom stereocenters. The summed E-state index contributed by atoms with van der Waals surface area (Å²) in [6, 6.07) is 2.29. The number of nitrogens with one attached hydrogen (secondary N) is 1. The van der Waals surface area contributed by atoms with Gasteiger partial charge in [-0.05, 0) is 37.4 Å². The smallest absolute Gasteiger partial charge is 0.150 e. The van der Waals surface area contributed by atoms with E-state index in [0.29, 0.717) is 6.42 Å². The van der Waals surface area contributed by atoms with E-state index in [1.54, 1.807) is 6.92 Å². The predicted molar refractivity (Wildman–Crippen MR) is 79.0 cm³/mol. The number of aromatic nitrogens is 1. The van der Waals surface area contributed by atoms with Crippen LogP contribution in [0.1, 0.15) is 43.9 Å². The third-order valence-corrected chi connectivity index (χ3v) is 4.93. The van der Waals surface area contributed by atoms with Gasteiger partial charge in [0.15, 0.2) is 0 Å². The summed E-state index contributed by atoms with van der Waals surface area (Å²) in [5, 5.41) is 3.40. The SMILES string of the molecule is CCNC(CCCS(=O)(=O)CC)c1cncc(C)c1. The van der Waals surface area contributed by atoms with Crippen molar-refractivity contribution in [3.63, 3.8) is 0 Å². The van der Waals surface area contributed by atoms with Crippen LogP contribution in [0.2, 0.25) is 0 Å². The molecule has 5 heteroatoms. The molecule has 0 saturated heterocycles. The highest BCUT2D eigenvalue weighted by molar-refractivity contribution is 7.91. The van der Waals surface area contributed by atoms with Gasteiger partial charge in [0.2, 0.25) is 0 Å². The van der Waals surface area contributed by atoms with Gasteiger partial charge in [0, 0.05) is 24.2 Å². The van der Waals surface area contributed by atoms with Crippen LogP contribution in [0.25, 0.3) is 0 Å². The Bertz CT molecular complexity index is 486. The fraction of sp³-hybridized carbons (Fsp3) is 0.643. The van der Waals surface area contributed by atoms with Gasteiger partial charge in [-0.2, -0.15) is 0 Å². The molecule has 1 aromatic rings. The molecule has 19 heavy (non-hydrogen) atoms. The number of hydrogen-bond acceptors (Lipinski definition) is 4. The summed E-state index contributed by atoms with van der Waals surface area (Å²) >= 11 is 0. The van der Waals surface area contributed by atoms with Gasteiger partial charge in [-0.3, -0.25) is 4.98 Å². The molecule has 0 aliphatic heterocycles. The number of hydrogen-bond donors (Lipinski definition) is 1. The van der Waals surface area contributed by atoms with E-state index < -0.39 is 9.84 Å². The Morgan fingerprint density at radius 2 is 2.05 bits per heavy atom. The fourth-order valence-corrected chi connectivity index (χ4v) is 2.95. The van der Waals surface area contributed by atoms with Crippen molar-refractivity contribution in [1.29, 1.82) is 0 Å². The molecule has 0 aliphatic carbocycles. The number of rotatable bonds is 8. The molecule has 108 valence electrons. The van der Waals surface area contributed by atoms with Crippen molar-refractivity contribution < 1.29 is 8.42 Å². The van der Waals surface area contributed by atoms with Crippen LogP contribution in [0, 0.1) is 6.92 Å². The summed E-state index contributed by atoms with van der Waals surface area (Å²) in [7, 11) is -2.86. The Kier molecular flexibility index (Phi) is 6.45. The summed E-state index contributed by atoms with van der Waals surface area (Å²) < 4.78 is 23.0. The second-order valence-corrected chi connectivity index (χ2v) is 7.26. The first-order chi connectivity index (χ1) is 8.98. The molecule has 1 unspecified atom stereocenters. The lowest BCUT2D eigenvalue weighted by molar-refractivity contribution is 0.505. The number of nitrogens with zero attached hydrogens (tertiary/aromatic N) is 1. The van der Waals surface area contributed by atoms with E-state index in [9.17, 15) is 8.42 Å². The van der Waals surface area contributed by atoms with Crippen LogP contribution in [0.3, 0.4) is 0 Å². The summed E-state index contributed by atoms with van der Waals surface area (Å²) in [6.45, 7) is 6.63. The lowest BCUT2D eigenvalue weighted by Crippen LogP contribution is -2.22. The Labute approximate surface area is 116 Å². The van der Waals surface area contributed by atoms with Crippen LogP contribution in [0.5, 0.6) is 0 Å². The van der Waals surface area contributed by atoms with Crippen molar-refractivity contribution in [2.75, 3.05) is 18.1 Å². The molecular formula is C14H24N2O2S. The van der Waals surface area contributed by atoms with E-state index in [1.165, 1.54) is 0 Å². The van der Waals surface area contributed by atoms with Crippen molar-refractivity contribution in [1.82, 2.24) is 10.3 Å². The van der Waals surface area contributed by atoms with Crippen molar-refractivity contribution in [2.24, 2.45) is 0 Å². The van der Waals surface area contributed by atoms with Crippen LogP contribution in [0.15, 0.2) is 18.5 Å². The first kappa shape index (κ1) is 16.1. The quantitative estimate of drug-likeness (QED) is 0.795. The maximum absolute atomic E-state index is 11.5. The van der Waals surface area contributed by atoms with E-state index in [2.05, 4.69) is 23.3 Å². The zero-order chi connectivity index (χ0) is 14.3. The lowest BCUT2D eigenvalue weighted by atomic mass is 10.0. The van der Waals surface area contributed by atoms with Crippen LogP contribution in [0.4, 0.5) is 0 Å². The standard InChI is InChI=1S/C14H24N2O2S/c1-4-16-14(7-6-8-19(17,18)5-2)13-9-12(3)10-15-11-13/h9-11,14,16H,4-8H2,1-3H3. The van der Waals surface area contributed by atoms with Crippen molar-refractivity contribution in [3.8, 4) is 0 Å². The molecular weight excluding hydrogens is 260 g/mol. The largest absolute Gasteiger partial charge is 0.310 e. The normalized spacial score (nSPS) is 13.4. The summed E-state index contributed by atoms with van der Waals surface area (Å²) in [6.07, 6.45) is 5.18. The van der Waals surface area contributed by atoms with Gasteiger partial charge < -0.3 is 5.32 Å². The molecule has 0 spiro atoms. The molecule has 0 saturated carbocycles. The number of aryl methyl sites for hydroxylation is 1. The molecule has 1 N–H and O–H groups in total. The van der Waals surface area contributed by atoms with Gasteiger partial charge in [0.25, 0.3) is 0 Å². The Morgan fingerprint density at radius 3 is 2.63 bits per heavy atom. The number of pyridine rings is 1. The Morgan fingerprint density at radius 1 is 1.32 bits per heavy atom. The third kappa shape index (κ3) is 5.70. The minimum Gasteiger partial charge on any atom is -0.310 e. The summed E-state index contributed by atoms with van der Waals surface area (Å²) in [4.78, 5) is 4.20. The molecule has 1 heterocycles. The highest BCUT2D eigenvalue weighted by atomic mass is 32.2. The van der Waals surface area contributed by atoms with E-state index in [1.807, 2.05) is 19.3 Å². The molecule has 1 aromatic heterocycles. The maximum Gasteiger partial charge on any atom is 0.150 e. The average molecular weight is 284 g/mol. The van der Waals surface area contributed by atoms with Crippen LogP contribution in [-0.4, -0.2) is 31.5 Å². The molecule has 0 radical (unpaired) electrons. The summed E-state index contributed by atoms with van der Waals surface area (Å²) in [5.41, 5.74) is 2.26. The molecule has 1 rings (SSSR count). The van der Waals surface area contributed by atoms with Crippen molar-refractivity contribution in [2.45, 2.75) is 39.7 Å². The first-order valence-electron chi connectivity index (χ1n) is 6.84. The maximum atomic E-state index is 11.5. The fourth-order valence-electron chi connectivity index (χ4n) is 2.05. The van der Waals surface area contributed by atoms with Gasteiger partial charge in [-0.1, -0.05) is 19.9 Å². The first-order valence-corrected chi connectivity index (χ1v) is 8.66. The Hall–Kier alpha value is -0.940. The summed E-state index contributed by atoms with van der Waals surface area (Å²) in [5.74, 6) is 0.496. The lowest BCUT2D eigenvalue weighted by Gasteiger charge is -2.18. The monoisotopic (exact) mass is 284 g/mol. The molecule has 0 aromatic carbocycles. The Balaban J connectivity index is 2.63. The van der Waals surface area contributed by atoms with E-state index >= 15 is 0 Å². The van der Waals surface area contributed by atoms with Crippen LogP contribution < -0.4 is 5.32 Å². The van der Waals surface area contributed by atoms with Crippen molar-refractivity contribution >= 4 is 9.84 Å². The van der Waals surface area contributed by atoms with E-state index in [4.69, 9.17) is 0 Å². The van der Waals surface area contributed by atoms with Crippen molar-refractivity contribution in [3.05, 3.63) is 29.6 Å². The average Bonchev–Trinajstić information content (AvgIpc) is 2.37. The minimum absolute atomic E-state index is 0.185. The van der Waals surface area contributed by atoms with Crippen LogP contribution >= 0.6 is 0 Å². The second kappa shape index (κ2) is 7.60. The third-order valence-electron chi connectivity index (χ3n) is 3.14. The highest BCUT2D eigenvalue weighted by Gasteiger charge is 2.13. The minimum atomic E-state index is -2.86. The predicted octanol–water partition coefficient (Wildman–Crippen LogP) is 2.26. The molecule has 0 amide bonds. The van der Waals surface area contributed by atoms with E-state index in [-0.39, 0.29) is 17.5 Å². The molecule has 0 aliphatic rings. The van der Waals surface area contributed by atoms with Gasteiger partial charge in [0.1, 0.15) is 9.84 Å². The number of sulfone groups is 1. The van der Waals surface area contributed by atoms with Gasteiger partial charge >= 0.3 is 0 Å². The second-order valence-electron chi connectivity index (χ2n) is 4.78. The zero-order valence-electron chi connectivity index (χ0n) is 12.0. The van der Waals surface area contributed by atoms with Gasteiger partial charge in [-0.15, -0.1) is 0 Å². The zero-order valence-corrected chi connectivity index (χ0v) is 12.8. The topological polar surface area (TPSA) is 59.1 Å².